The van der Waals surface area contributed by atoms with Gasteiger partial charge >= 0.3 is 30.0 Å². The van der Waals surface area contributed by atoms with Crippen molar-refractivity contribution in [2.24, 2.45) is 5.73 Å². The van der Waals surface area contributed by atoms with Crippen molar-refractivity contribution in [3.8, 4) is 0 Å². The zero-order chi connectivity index (χ0) is 8.69. The Hall–Kier alpha value is 0.213. The van der Waals surface area contributed by atoms with E-state index in [1.54, 1.807) is 6.07 Å². The van der Waals surface area contributed by atoms with Crippen LogP contribution >= 0.6 is 13.6 Å². The van der Waals surface area contributed by atoms with Crippen LogP contribution in [-0.4, -0.2) is 0 Å². The van der Waals surface area contributed by atoms with E-state index in [1.807, 2.05) is 0 Å². The van der Waals surface area contributed by atoms with Gasteiger partial charge in [0.1, 0.15) is 0 Å². The molecule has 1 nitrogen and oxygen atoms in total. The van der Waals surface area contributed by atoms with E-state index in [4.69, 9.17) is 5.73 Å². The van der Waals surface area contributed by atoms with E-state index in [9.17, 15) is 4.39 Å². The molecule has 0 radical (unpaired) electrons. The van der Waals surface area contributed by atoms with Crippen molar-refractivity contribution in [3.63, 3.8) is 0 Å². The van der Waals surface area contributed by atoms with Gasteiger partial charge in [0.05, 0.1) is 0 Å². The molecule has 0 fully saturated rings. The van der Waals surface area contributed by atoms with Crippen molar-refractivity contribution < 1.29 is 20.7 Å². The van der Waals surface area contributed by atoms with E-state index in [2.05, 4.69) is 19.7 Å². The van der Waals surface area contributed by atoms with Gasteiger partial charge in [0, 0.05) is 5.82 Å². The van der Waals surface area contributed by atoms with Crippen LogP contribution in [0.3, 0.4) is 0 Å². The summed E-state index contributed by atoms with van der Waals surface area (Å²) in [5.74, 6) is -0.253. The minimum atomic E-state index is -0.253. The summed E-state index contributed by atoms with van der Waals surface area (Å²) in [7, 11) is 0. The van der Waals surface area contributed by atoms with Crippen molar-refractivity contribution in [1.29, 1.82) is 0 Å². The number of halogens is 2. The van der Waals surface area contributed by atoms with Crippen LogP contribution in [0.2, 0.25) is 0 Å². The van der Waals surface area contributed by atoms with Gasteiger partial charge in [-0.05, 0) is 6.54 Å². The third kappa shape index (κ3) is 3.95. The first-order chi connectivity index (χ1) is 5.34. The second-order valence-electron chi connectivity index (χ2n) is 1.72. The second kappa shape index (κ2) is 6.89. The molecule has 0 aliphatic rings. The number of hydrogen-bond acceptors (Lipinski definition) is 1. The average molecular weight is 269 g/mol. The zero-order valence-electron chi connectivity index (χ0n) is 5.98. The monoisotopic (exact) mass is 267 g/mol. The Balaban J connectivity index is 0.000000461. The Morgan fingerprint density at radius 3 is 2.64 bits per heavy atom. The molecule has 11 heavy (non-hydrogen) atoms. The Kier molecular flexibility index (Phi) is 7.03. The summed E-state index contributed by atoms with van der Waals surface area (Å²) in [5, 5.41) is 0. The van der Waals surface area contributed by atoms with E-state index < -0.39 is 0 Å². The Bertz CT molecular complexity index is 207. The molecule has 0 aliphatic heterocycles. The van der Waals surface area contributed by atoms with Crippen LogP contribution in [0.15, 0.2) is 18.2 Å². The van der Waals surface area contributed by atoms with Gasteiger partial charge in [-0.15, -0.1) is 11.6 Å². The first-order valence-electron chi connectivity index (χ1n) is 2.96. The van der Waals surface area contributed by atoms with Crippen molar-refractivity contribution >= 4 is 13.6 Å². The SMILES string of the molecule is NCc1c[c-]ccc1F.[Zn+][Br]. The molecule has 0 saturated heterocycles. The predicted octanol–water partition coefficient (Wildman–Crippen LogP) is 1.93. The maximum atomic E-state index is 12.5. The molecule has 0 saturated carbocycles. The van der Waals surface area contributed by atoms with Gasteiger partial charge in [0.15, 0.2) is 0 Å². The fourth-order valence-electron chi connectivity index (χ4n) is 0.602. The minimum absolute atomic E-state index is 0.239. The van der Waals surface area contributed by atoms with Gasteiger partial charge in [0.25, 0.3) is 0 Å². The third-order valence-corrected chi connectivity index (χ3v) is 1.11. The number of nitrogens with two attached hydrogens (primary N) is 1. The molecule has 0 spiro atoms. The molecule has 0 aliphatic carbocycles. The molecule has 0 aromatic heterocycles. The molecular weight excluding hydrogens is 262 g/mol. The van der Waals surface area contributed by atoms with Crippen LogP contribution in [0.25, 0.3) is 0 Å². The van der Waals surface area contributed by atoms with Crippen molar-refractivity contribution in [1.82, 2.24) is 0 Å². The van der Waals surface area contributed by atoms with Gasteiger partial charge in [-0.2, -0.15) is 18.2 Å². The summed E-state index contributed by atoms with van der Waals surface area (Å²) in [5.41, 5.74) is 5.70. The first-order valence-corrected chi connectivity index (χ1v) is 9.90. The molecule has 0 heterocycles. The average Bonchev–Trinajstić information content (AvgIpc) is 2.09. The van der Waals surface area contributed by atoms with Gasteiger partial charge in [-0.1, -0.05) is 0 Å². The zero-order valence-corrected chi connectivity index (χ0v) is 10.5. The summed E-state index contributed by atoms with van der Waals surface area (Å²) in [6, 6.07) is 7.16. The summed E-state index contributed by atoms with van der Waals surface area (Å²) in [6.07, 6.45) is 0. The molecule has 0 bridgehead atoms. The predicted molar refractivity (Wildman–Crippen MR) is 42.1 cm³/mol. The van der Waals surface area contributed by atoms with Crippen LogP contribution in [0, 0.1) is 11.9 Å². The fraction of sp³-hybridized carbons (Fsp3) is 0.143. The molecule has 1 aromatic carbocycles. The summed E-state index contributed by atoms with van der Waals surface area (Å²) < 4.78 is 12.5. The summed E-state index contributed by atoms with van der Waals surface area (Å²) in [4.78, 5) is 0. The van der Waals surface area contributed by atoms with Crippen molar-refractivity contribution in [3.05, 3.63) is 35.6 Å². The first kappa shape index (κ1) is 11.2. The van der Waals surface area contributed by atoms with E-state index >= 15 is 0 Å². The quantitative estimate of drug-likeness (QED) is 0.612. The molecule has 0 amide bonds. The van der Waals surface area contributed by atoms with Crippen LogP contribution < -0.4 is 5.73 Å². The van der Waals surface area contributed by atoms with Crippen molar-refractivity contribution in [2.45, 2.75) is 6.54 Å². The Morgan fingerprint density at radius 1 is 1.64 bits per heavy atom. The molecule has 2 N–H and O–H groups in total. The van der Waals surface area contributed by atoms with E-state index in [-0.39, 0.29) is 12.4 Å². The Morgan fingerprint density at radius 2 is 2.27 bits per heavy atom. The van der Waals surface area contributed by atoms with Gasteiger partial charge in [0.2, 0.25) is 0 Å². The molecule has 0 unspecified atom stereocenters. The van der Waals surface area contributed by atoms with Crippen LogP contribution in [0.5, 0.6) is 0 Å². The second-order valence-corrected chi connectivity index (χ2v) is 1.72. The van der Waals surface area contributed by atoms with Crippen LogP contribution in [0.4, 0.5) is 4.39 Å². The Labute approximate surface area is 82.2 Å². The third-order valence-electron chi connectivity index (χ3n) is 1.11. The van der Waals surface area contributed by atoms with Gasteiger partial charge in [-0.25, -0.2) is 4.39 Å². The van der Waals surface area contributed by atoms with Crippen LogP contribution in [-0.2, 0) is 22.9 Å². The normalized spacial score (nSPS) is 8.45. The molecular formula is C7H7BrFNZn. The maximum absolute atomic E-state index is 12.5. The van der Waals surface area contributed by atoms with E-state index in [0.29, 0.717) is 5.56 Å². The van der Waals surface area contributed by atoms with Crippen molar-refractivity contribution in [2.75, 3.05) is 0 Å². The van der Waals surface area contributed by atoms with E-state index in [1.165, 1.54) is 28.5 Å². The fourth-order valence-corrected chi connectivity index (χ4v) is 0.602. The van der Waals surface area contributed by atoms with Gasteiger partial charge in [-0.3, -0.25) is 0 Å². The number of benzene rings is 1. The molecule has 1 rings (SSSR count). The molecule has 0 atom stereocenters. The number of hydrogen-bond donors (Lipinski definition) is 1. The van der Waals surface area contributed by atoms with Gasteiger partial charge < -0.3 is 5.73 Å². The summed E-state index contributed by atoms with van der Waals surface area (Å²) in [6.45, 7) is 0.239. The molecule has 1 aromatic rings. The van der Waals surface area contributed by atoms with Crippen LogP contribution in [0.1, 0.15) is 5.56 Å². The van der Waals surface area contributed by atoms with E-state index in [0.717, 1.165) is 0 Å². The topological polar surface area (TPSA) is 26.0 Å². The standard InChI is InChI=1S/C7H7FN.BrH.Zn/c8-7-4-2-1-3-6(7)5-9;;/h2-4H,5,9H2;1H;/q-1;;+2/p-1. The molecule has 56 valence electrons. The summed E-state index contributed by atoms with van der Waals surface area (Å²) >= 11 is 4.25. The molecule has 4 heteroatoms. The number of rotatable bonds is 1.